The zero-order valence-electron chi connectivity index (χ0n) is 16.2. The molecule has 0 bridgehead atoms. The first-order chi connectivity index (χ1) is 10.2. The van der Waals surface area contributed by atoms with Crippen LogP contribution in [0.2, 0.25) is 0 Å². The van der Waals surface area contributed by atoms with Gasteiger partial charge in [0.05, 0.1) is 0 Å². The van der Waals surface area contributed by atoms with Crippen LogP contribution < -0.4 is 5.32 Å². The predicted molar refractivity (Wildman–Crippen MR) is 90.5 cm³/mol. The minimum atomic E-state index is -0.342. The lowest BCUT2D eigenvalue weighted by molar-refractivity contribution is -0.248. The summed E-state index contributed by atoms with van der Waals surface area (Å²) in [6, 6.07) is 0. The molecule has 5 heteroatoms. The van der Waals surface area contributed by atoms with E-state index in [1.54, 1.807) is 0 Å². The van der Waals surface area contributed by atoms with Crippen molar-refractivity contribution in [2.75, 3.05) is 13.1 Å². The second-order valence-electron chi connectivity index (χ2n) is 9.98. The maximum Gasteiger partial charge on any atom is 0.0484 e. The van der Waals surface area contributed by atoms with Crippen LogP contribution in [0.5, 0.6) is 0 Å². The minimum absolute atomic E-state index is 0.295. The number of nitrogens with zero attached hydrogens (tertiary/aromatic N) is 2. The smallest absolute Gasteiger partial charge is 0.0484 e. The molecular weight excluding hydrogens is 290 g/mol. The molecule has 0 aromatic carbocycles. The molecule has 134 valence electrons. The molecule has 23 heavy (non-hydrogen) atoms. The maximum atomic E-state index is 12.5. The van der Waals surface area contributed by atoms with Crippen LogP contribution in [0.15, 0.2) is 0 Å². The van der Waals surface area contributed by atoms with Gasteiger partial charge in [-0.05, 0) is 93.2 Å². The molecule has 0 aliphatic carbocycles. The van der Waals surface area contributed by atoms with Crippen LogP contribution >= 0.6 is 0 Å². The second-order valence-corrected chi connectivity index (χ2v) is 9.98. The van der Waals surface area contributed by atoms with Gasteiger partial charge in [0.25, 0.3) is 0 Å². The van der Waals surface area contributed by atoms with Crippen molar-refractivity contribution >= 4 is 0 Å². The monoisotopic (exact) mass is 325 g/mol. The van der Waals surface area contributed by atoms with E-state index in [1.165, 1.54) is 10.1 Å². The molecule has 2 heterocycles. The first-order valence-corrected chi connectivity index (χ1v) is 8.88. The highest BCUT2D eigenvalue weighted by atomic mass is 16.5. The van der Waals surface area contributed by atoms with Crippen molar-refractivity contribution in [3.8, 4) is 0 Å². The van der Waals surface area contributed by atoms with Crippen LogP contribution in [0.25, 0.3) is 0 Å². The van der Waals surface area contributed by atoms with E-state index < -0.39 is 0 Å². The molecule has 2 aliphatic rings. The second kappa shape index (κ2) is 5.67. The molecule has 2 rings (SSSR count). The summed E-state index contributed by atoms with van der Waals surface area (Å²) in [4.78, 5) is 0. The van der Waals surface area contributed by atoms with Crippen LogP contribution in [0.3, 0.4) is 0 Å². The molecule has 1 N–H and O–H groups in total. The van der Waals surface area contributed by atoms with Crippen LogP contribution in [0.4, 0.5) is 0 Å². The minimum Gasteiger partial charge on any atom is -0.316 e. The summed E-state index contributed by atoms with van der Waals surface area (Å²) in [6.07, 6.45) is 1.81. The molecule has 2 atom stereocenters. The SMILES string of the molecule is CC1(C)CC(CNCC2CC(C)(C)N([O])C2(C)C)C(C)(C)N1[O]. The van der Waals surface area contributed by atoms with Gasteiger partial charge in [-0.3, -0.25) is 0 Å². The Balaban J connectivity index is 1.94. The summed E-state index contributed by atoms with van der Waals surface area (Å²) in [6.45, 7) is 18.0. The molecule has 0 spiro atoms. The Bertz CT molecular complexity index is 406. The van der Waals surface area contributed by atoms with Gasteiger partial charge in [0, 0.05) is 22.2 Å². The van der Waals surface area contributed by atoms with E-state index >= 15 is 0 Å². The highest BCUT2D eigenvalue weighted by Crippen LogP contribution is 2.45. The first-order valence-electron chi connectivity index (χ1n) is 8.88. The standard InChI is InChI=1S/C18H35N3O2/c1-15(2)9-13(17(5,6)20(15)22)11-19-12-14-10-16(3,4)21(23)18(14,7)8/h13-14,19H,9-12H2,1-8H3. The molecule has 5 nitrogen and oxygen atoms in total. The molecule has 2 unspecified atom stereocenters. The molecule has 2 aliphatic heterocycles. The van der Waals surface area contributed by atoms with Crippen LogP contribution in [-0.2, 0) is 10.4 Å². The lowest BCUT2D eigenvalue weighted by Gasteiger charge is -2.35. The summed E-state index contributed by atoms with van der Waals surface area (Å²) in [5, 5.41) is 31.0. The Hall–Kier alpha value is -0.200. The Kier molecular flexibility index (Phi) is 4.71. The van der Waals surface area contributed by atoms with Crippen molar-refractivity contribution in [2.45, 2.75) is 90.4 Å². The number of rotatable bonds is 4. The van der Waals surface area contributed by atoms with Crippen molar-refractivity contribution in [2.24, 2.45) is 11.8 Å². The average molecular weight is 325 g/mol. The van der Waals surface area contributed by atoms with Gasteiger partial charge in [-0.15, -0.1) is 20.5 Å². The molecule has 0 saturated carbocycles. The van der Waals surface area contributed by atoms with E-state index in [0.717, 1.165) is 25.9 Å². The Labute approximate surface area is 141 Å². The first kappa shape index (κ1) is 19.1. The Morgan fingerprint density at radius 1 is 0.739 bits per heavy atom. The van der Waals surface area contributed by atoms with Crippen LogP contribution in [0, 0.1) is 11.8 Å². The highest BCUT2D eigenvalue weighted by molar-refractivity contribution is 5.04. The zero-order valence-corrected chi connectivity index (χ0v) is 16.2. The summed E-state index contributed by atoms with van der Waals surface area (Å²) >= 11 is 0. The number of hydroxylamine groups is 4. The van der Waals surface area contributed by atoms with Crippen molar-refractivity contribution in [1.82, 2.24) is 15.4 Å². The van der Waals surface area contributed by atoms with E-state index in [0.29, 0.717) is 11.8 Å². The molecule has 2 radical (unpaired) electrons. The van der Waals surface area contributed by atoms with Crippen molar-refractivity contribution in [3.63, 3.8) is 0 Å². The summed E-state index contributed by atoms with van der Waals surface area (Å²) < 4.78 is 0. The van der Waals surface area contributed by atoms with Crippen molar-refractivity contribution in [3.05, 3.63) is 0 Å². The maximum absolute atomic E-state index is 12.5. The highest BCUT2D eigenvalue weighted by Gasteiger charge is 2.53. The fourth-order valence-electron chi connectivity index (χ4n) is 4.84. The van der Waals surface area contributed by atoms with Gasteiger partial charge < -0.3 is 5.32 Å². The summed E-state index contributed by atoms with van der Waals surface area (Å²) in [5.74, 6) is 0.659. The van der Waals surface area contributed by atoms with Crippen molar-refractivity contribution in [1.29, 1.82) is 0 Å². The summed E-state index contributed by atoms with van der Waals surface area (Å²) in [7, 11) is 0. The fourth-order valence-corrected chi connectivity index (χ4v) is 4.84. The third-order valence-electron chi connectivity index (χ3n) is 6.42. The lowest BCUT2D eigenvalue weighted by Crippen LogP contribution is -2.49. The fraction of sp³-hybridized carbons (Fsp3) is 1.00. The largest absolute Gasteiger partial charge is 0.316 e. The van der Waals surface area contributed by atoms with Gasteiger partial charge in [0.15, 0.2) is 0 Å². The number of hydrogen-bond acceptors (Lipinski definition) is 3. The van der Waals surface area contributed by atoms with Crippen LogP contribution in [-0.4, -0.2) is 45.4 Å². The van der Waals surface area contributed by atoms with Gasteiger partial charge >= 0.3 is 0 Å². The molecule has 0 amide bonds. The third-order valence-corrected chi connectivity index (χ3v) is 6.42. The topological polar surface area (TPSA) is 58.3 Å². The molecule has 2 saturated heterocycles. The quantitative estimate of drug-likeness (QED) is 0.864. The van der Waals surface area contributed by atoms with Gasteiger partial charge in [0.2, 0.25) is 0 Å². The van der Waals surface area contributed by atoms with Crippen LogP contribution in [0.1, 0.15) is 68.2 Å². The third kappa shape index (κ3) is 3.19. The van der Waals surface area contributed by atoms with Crippen molar-refractivity contribution < 1.29 is 10.4 Å². The number of hydrogen-bond donors (Lipinski definition) is 1. The average Bonchev–Trinajstić information content (AvgIpc) is 2.66. The van der Waals surface area contributed by atoms with Gasteiger partial charge in [-0.2, -0.15) is 0 Å². The normalized spacial score (nSPS) is 35.7. The van der Waals surface area contributed by atoms with Gasteiger partial charge in [-0.1, -0.05) is 0 Å². The Morgan fingerprint density at radius 2 is 1.04 bits per heavy atom. The van der Waals surface area contributed by atoms with E-state index in [2.05, 4.69) is 5.32 Å². The Morgan fingerprint density at radius 3 is 1.26 bits per heavy atom. The molecular formula is C18H35N3O2. The number of nitrogens with one attached hydrogen (secondary N) is 1. The zero-order chi connectivity index (χ0) is 17.8. The van der Waals surface area contributed by atoms with E-state index in [-0.39, 0.29) is 22.2 Å². The van der Waals surface area contributed by atoms with Gasteiger partial charge in [-0.25, -0.2) is 0 Å². The molecule has 0 aromatic rings. The molecule has 2 fully saturated rings. The lowest BCUT2D eigenvalue weighted by atomic mass is 9.85. The van der Waals surface area contributed by atoms with Gasteiger partial charge in [0.1, 0.15) is 0 Å². The predicted octanol–water partition coefficient (Wildman–Crippen LogP) is 3.03. The van der Waals surface area contributed by atoms with E-state index in [9.17, 15) is 10.4 Å². The summed E-state index contributed by atoms with van der Waals surface area (Å²) in [5.41, 5.74) is -1.27. The molecule has 0 aromatic heterocycles. The van der Waals surface area contributed by atoms with E-state index in [1.807, 2.05) is 55.4 Å². The van der Waals surface area contributed by atoms with E-state index in [4.69, 9.17) is 0 Å².